The molecule has 0 aromatic heterocycles. The summed E-state index contributed by atoms with van der Waals surface area (Å²) >= 11 is 0. The molecule has 0 spiro atoms. The largest absolute Gasteiger partial charge is 0.357 e. The molecule has 0 bridgehead atoms. The number of rotatable bonds is 10. The molecule has 1 saturated carbocycles. The quantitative estimate of drug-likeness (QED) is 0.360. The average Bonchev–Trinajstić information content (AvgIpc) is 3.44. The topological polar surface area (TPSA) is 73.8 Å². The van der Waals surface area contributed by atoms with Gasteiger partial charge in [0.15, 0.2) is 5.96 Å². The molecule has 1 fully saturated rings. The molecule has 0 amide bonds. The second-order valence-corrected chi connectivity index (χ2v) is 9.35. The molecule has 0 unspecified atom stereocenters. The molecule has 0 heterocycles. The second kappa shape index (κ2) is 9.50. The lowest BCUT2D eigenvalue weighted by atomic mass is 9.96. The maximum Gasteiger partial charge on any atom is 0.213 e. The smallest absolute Gasteiger partial charge is 0.213 e. The van der Waals surface area contributed by atoms with E-state index in [0.717, 1.165) is 24.9 Å². The van der Waals surface area contributed by atoms with Crippen molar-refractivity contribution in [1.29, 1.82) is 0 Å². The van der Waals surface area contributed by atoms with Gasteiger partial charge in [-0.1, -0.05) is 12.1 Å². The van der Waals surface area contributed by atoms with Gasteiger partial charge in [0.25, 0.3) is 0 Å². The summed E-state index contributed by atoms with van der Waals surface area (Å²) in [6.45, 7) is 6.08. The number of sulfonamides is 1. The Morgan fingerprint density at radius 1 is 1.30 bits per heavy atom. The lowest BCUT2D eigenvalue weighted by molar-refractivity contribution is 0.461. The van der Waals surface area contributed by atoms with Gasteiger partial charge in [-0.25, -0.2) is 17.1 Å². The van der Waals surface area contributed by atoms with E-state index in [4.69, 9.17) is 0 Å². The van der Waals surface area contributed by atoms with Crippen molar-refractivity contribution in [2.24, 2.45) is 4.99 Å². The molecule has 2 N–H and O–H groups in total. The van der Waals surface area contributed by atoms with E-state index in [1.807, 2.05) is 13.0 Å². The number of guanidine groups is 1. The zero-order valence-electron chi connectivity index (χ0n) is 16.5. The van der Waals surface area contributed by atoms with Gasteiger partial charge in [-0.15, -0.1) is 0 Å². The summed E-state index contributed by atoms with van der Waals surface area (Å²) in [5, 5.41) is 6.46. The second-order valence-electron chi connectivity index (χ2n) is 6.99. The van der Waals surface area contributed by atoms with Gasteiger partial charge in [0.2, 0.25) is 10.0 Å². The van der Waals surface area contributed by atoms with Crippen molar-refractivity contribution in [2.45, 2.75) is 38.5 Å². The molecule has 2 rings (SSSR count). The summed E-state index contributed by atoms with van der Waals surface area (Å²) in [4.78, 5) is 4.68. The van der Waals surface area contributed by atoms with Gasteiger partial charge in [-0.2, -0.15) is 0 Å². The predicted octanol–water partition coefficient (Wildman–Crippen LogP) is 2.08. The standard InChI is InChI=1S/C19H31FN4O2S/c1-4-21-18(22-12-7-13-24(3)27(25,26)5-2)23-15-19(10-11-19)16-8-6-9-17(20)14-16/h6,8-9,14H,4-5,7,10-13,15H2,1-3H3,(H2,21,22,23). The Hall–Kier alpha value is -1.67. The number of nitrogens with zero attached hydrogens (tertiary/aromatic N) is 2. The van der Waals surface area contributed by atoms with Crippen molar-refractivity contribution < 1.29 is 12.8 Å². The van der Waals surface area contributed by atoms with E-state index >= 15 is 0 Å². The molecular formula is C19H31FN4O2S. The molecule has 1 aliphatic rings. The number of nitrogens with one attached hydrogen (secondary N) is 2. The van der Waals surface area contributed by atoms with Gasteiger partial charge in [0.05, 0.1) is 12.3 Å². The van der Waals surface area contributed by atoms with Gasteiger partial charge in [0.1, 0.15) is 5.82 Å². The fourth-order valence-corrected chi connectivity index (χ4v) is 3.80. The fraction of sp³-hybridized carbons (Fsp3) is 0.632. The van der Waals surface area contributed by atoms with E-state index in [2.05, 4.69) is 15.6 Å². The zero-order chi connectivity index (χ0) is 19.9. The molecule has 0 aliphatic heterocycles. The highest BCUT2D eigenvalue weighted by atomic mass is 32.2. The van der Waals surface area contributed by atoms with E-state index in [9.17, 15) is 12.8 Å². The van der Waals surface area contributed by atoms with E-state index in [-0.39, 0.29) is 17.0 Å². The summed E-state index contributed by atoms with van der Waals surface area (Å²) in [5.41, 5.74) is 0.952. The normalized spacial score (nSPS) is 16.4. The van der Waals surface area contributed by atoms with E-state index in [1.54, 1.807) is 26.1 Å². The van der Waals surface area contributed by atoms with Crippen molar-refractivity contribution in [2.75, 3.05) is 39.0 Å². The Morgan fingerprint density at radius 2 is 2.04 bits per heavy atom. The van der Waals surface area contributed by atoms with Crippen LogP contribution in [0.3, 0.4) is 0 Å². The molecule has 0 radical (unpaired) electrons. The third kappa shape index (κ3) is 6.17. The highest BCUT2D eigenvalue weighted by Crippen LogP contribution is 2.48. The highest BCUT2D eigenvalue weighted by Gasteiger charge is 2.44. The third-order valence-corrected chi connectivity index (χ3v) is 6.82. The molecule has 27 heavy (non-hydrogen) atoms. The van der Waals surface area contributed by atoms with Crippen LogP contribution in [0, 0.1) is 5.82 Å². The van der Waals surface area contributed by atoms with Gasteiger partial charge < -0.3 is 10.6 Å². The van der Waals surface area contributed by atoms with Crippen molar-refractivity contribution >= 4 is 16.0 Å². The average molecular weight is 399 g/mol. The maximum absolute atomic E-state index is 13.5. The molecule has 6 nitrogen and oxygen atoms in total. The Kier molecular flexibility index (Phi) is 7.61. The van der Waals surface area contributed by atoms with Crippen LogP contribution >= 0.6 is 0 Å². The van der Waals surface area contributed by atoms with E-state index in [1.165, 1.54) is 10.4 Å². The number of benzene rings is 1. The zero-order valence-corrected chi connectivity index (χ0v) is 17.3. The number of hydrogen-bond acceptors (Lipinski definition) is 3. The number of aliphatic imine (C=N–C) groups is 1. The molecule has 8 heteroatoms. The first-order valence-electron chi connectivity index (χ1n) is 9.55. The van der Waals surface area contributed by atoms with Crippen molar-refractivity contribution in [3.8, 4) is 0 Å². The first kappa shape index (κ1) is 21.6. The van der Waals surface area contributed by atoms with Crippen LogP contribution in [0.2, 0.25) is 0 Å². The molecule has 1 aromatic rings. The van der Waals surface area contributed by atoms with Crippen LogP contribution in [0.1, 0.15) is 38.7 Å². The summed E-state index contributed by atoms with van der Waals surface area (Å²) in [6.07, 6.45) is 2.72. The monoisotopic (exact) mass is 398 g/mol. The van der Waals surface area contributed by atoms with E-state index in [0.29, 0.717) is 32.0 Å². The van der Waals surface area contributed by atoms with Crippen LogP contribution in [0.5, 0.6) is 0 Å². The van der Waals surface area contributed by atoms with Crippen molar-refractivity contribution in [3.63, 3.8) is 0 Å². The molecule has 1 aromatic carbocycles. The van der Waals surface area contributed by atoms with Crippen LogP contribution in [0.4, 0.5) is 4.39 Å². The number of halogens is 1. The first-order valence-corrected chi connectivity index (χ1v) is 11.2. The van der Waals surface area contributed by atoms with Crippen LogP contribution in [0.15, 0.2) is 29.3 Å². The summed E-state index contributed by atoms with van der Waals surface area (Å²) in [5.74, 6) is 0.614. The Bertz CT molecular complexity index is 748. The predicted molar refractivity (Wildman–Crippen MR) is 108 cm³/mol. The highest BCUT2D eigenvalue weighted by molar-refractivity contribution is 7.89. The van der Waals surface area contributed by atoms with Gasteiger partial charge in [0, 0.05) is 32.1 Å². The lowest BCUT2D eigenvalue weighted by Crippen LogP contribution is -2.39. The molecule has 1 aliphatic carbocycles. The summed E-state index contributed by atoms with van der Waals surface area (Å²) in [6, 6.07) is 6.78. The Morgan fingerprint density at radius 3 is 2.63 bits per heavy atom. The van der Waals surface area contributed by atoms with Crippen LogP contribution in [-0.2, 0) is 15.4 Å². The molecule has 0 atom stereocenters. The summed E-state index contributed by atoms with van der Waals surface area (Å²) in [7, 11) is -1.53. The van der Waals surface area contributed by atoms with Crippen molar-refractivity contribution in [3.05, 3.63) is 35.6 Å². The maximum atomic E-state index is 13.5. The fourth-order valence-electron chi connectivity index (χ4n) is 2.95. The molecule has 0 saturated heterocycles. The Labute approximate surface area is 162 Å². The lowest BCUT2D eigenvalue weighted by Gasteiger charge is -2.18. The minimum Gasteiger partial charge on any atom is -0.357 e. The van der Waals surface area contributed by atoms with Gasteiger partial charge >= 0.3 is 0 Å². The first-order chi connectivity index (χ1) is 12.8. The summed E-state index contributed by atoms with van der Waals surface area (Å²) < 4.78 is 38.4. The van der Waals surface area contributed by atoms with Gasteiger partial charge in [-0.05, 0) is 50.8 Å². The molecule has 152 valence electrons. The minimum absolute atomic E-state index is 0.0557. The Balaban J connectivity index is 1.87. The minimum atomic E-state index is -3.14. The van der Waals surface area contributed by atoms with Crippen LogP contribution in [-0.4, -0.2) is 57.7 Å². The number of hydrogen-bond donors (Lipinski definition) is 2. The SMILES string of the molecule is CCNC(=NCC1(c2cccc(F)c2)CC1)NCCCN(C)S(=O)(=O)CC. The van der Waals surface area contributed by atoms with Crippen molar-refractivity contribution in [1.82, 2.24) is 14.9 Å². The van der Waals surface area contributed by atoms with Crippen LogP contribution < -0.4 is 10.6 Å². The molecular weight excluding hydrogens is 367 g/mol. The third-order valence-electron chi connectivity index (χ3n) is 4.96. The van der Waals surface area contributed by atoms with Gasteiger partial charge in [-0.3, -0.25) is 4.99 Å². The van der Waals surface area contributed by atoms with Crippen LogP contribution in [0.25, 0.3) is 0 Å². The van der Waals surface area contributed by atoms with E-state index < -0.39 is 10.0 Å².